The average molecular weight is 366 g/mol. The minimum Gasteiger partial charge on any atom is -0.355 e. The molecule has 0 bridgehead atoms. The van der Waals surface area contributed by atoms with Crippen molar-refractivity contribution in [3.05, 3.63) is 64.7 Å². The highest BCUT2D eigenvalue weighted by molar-refractivity contribution is 7.18. The van der Waals surface area contributed by atoms with Crippen LogP contribution in [0.1, 0.15) is 22.6 Å². The lowest BCUT2D eigenvalue weighted by molar-refractivity contribution is -0.126. The number of benzene rings is 2. The smallest absolute Gasteiger partial charge is 0.237 e. The zero-order valence-electron chi connectivity index (χ0n) is 14.9. The number of amides is 1. The van der Waals surface area contributed by atoms with Crippen LogP contribution in [0, 0.1) is 0 Å². The van der Waals surface area contributed by atoms with Gasteiger partial charge >= 0.3 is 0 Å². The third kappa shape index (κ3) is 3.64. The largest absolute Gasteiger partial charge is 0.355 e. The number of fused-ring (bicyclic) bond motifs is 2. The summed E-state index contributed by atoms with van der Waals surface area (Å²) in [6, 6.07) is 16.5. The molecule has 1 N–H and O–H groups in total. The van der Waals surface area contributed by atoms with E-state index >= 15 is 0 Å². The second kappa shape index (κ2) is 7.56. The van der Waals surface area contributed by atoms with Crippen LogP contribution in [0.15, 0.2) is 48.5 Å². The van der Waals surface area contributed by atoms with Gasteiger partial charge in [0.2, 0.25) is 5.91 Å². The first-order chi connectivity index (χ1) is 12.7. The second-order valence-corrected chi connectivity index (χ2v) is 7.99. The summed E-state index contributed by atoms with van der Waals surface area (Å²) in [5.41, 5.74) is 3.69. The predicted molar refractivity (Wildman–Crippen MR) is 106 cm³/mol. The zero-order chi connectivity index (χ0) is 17.9. The third-order valence-electron chi connectivity index (χ3n) is 4.99. The average Bonchev–Trinajstić information content (AvgIpc) is 3.07. The number of carbonyl (C=O) groups excluding carboxylic acids is 1. The van der Waals surface area contributed by atoms with E-state index in [-0.39, 0.29) is 11.9 Å². The third-order valence-corrected chi connectivity index (χ3v) is 6.09. The zero-order valence-corrected chi connectivity index (χ0v) is 15.8. The van der Waals surface area contributed by atoms with E-state index in [4.69, 9.17) is 0 Å². The Kier molecular flexibility index (Phi) is 5.00. The first-order valence-electron chi connectivity index (χ1n) is 9.10. The fourth-order valence-corrected chi connectivity index (χ4v) is 4.55. The van der Waals surface area contributed by atoms with Gasteiger partial charge in [-0.05, 0) is 43.1 Å². The number of para-hydroxylation sites is 1. The van der Waals surface area contributed by atoms with Gasteiger partial charge in [-0.3, -0.25) is 9.69 Å². The van der Waals surface area contributed by atoms with Crippen LogP contribution in [0.5, 0.6) is 0 Å². The van der Waals surface area contributed by atoms with Crippen LogP contribution in [-0.2, 0) is 24.2 Å². The molecule has 5 heteroatoms. The van der Waals surface area contributed by atoms with E-state index < -0.39 is 0 Å². The molecule has 0 saturated heterocycles. The molecule has 0 radical (unpaired) electrons. The summed E-state index contributed by atoms with van der Waals surface area (Å²) in [4.78, 5) is 19.4. The summed E-state index contributed by atoms with van der Waals surface area (Å²) in [5.74, 6) is 0.131. The molecule has 1 aliphatic rings. The van der Waals surface area contributed by atoms with Crippen LogP contribution in [-0.4, -0.2) is 35.4 Å². The molecule has 1 aromatic heterocycles. The highest BCUT2D eigenvalue weighted by atomic mass is 32.1. The van der Waals surface area contributed by atoms with Gasteiger partial charge in [0.05, 0.1) is 21.3 Å². The predicted octanol–water partition coefficient (Wildman–Crippen LogP) is 3.40. The van der Waals surface area contributed by atoms with Gasteiger partial charge in [0.25, 0.3) is 0 Å². The first kappa shape index (κ1) is 17.2. The number of likely N-dealkylation sites (N-methyl/N-ethyl adjacent to an activating group) is 1. The monoisotopic (exact) mass is 365 g/mol. The molecule has 0 spiro atoms. The van der Waals surface area contributed by atoms with Crippen molar-refractivity contribution in [1.29, 1.82) is 0 Å². The molecular weight excluding hydrogens is 342 g/mol. The Bertz CT molecular complexity index is 887. The summed E-state index contributed by atoms with van der Waals surface area (Å²) in [6.45, 7) is 1.53. The number of carbonyl (C=O) groups is 1. The van der Waals surface area contributed by atoms with Crippen molar-refractivity contribution in [2.24, 2.45) is 0 Å². The van der Waals surface area contributed by atoms with E-state index in [1.165, 1.54) is 15.8 Å². The topological polar surface area (TPSA) is 45.2 Å². The second-order valence-electron chi connectivity index (χ2n) is 6.87. The number of aryl methyl sites for hydroxylation is 1. The fourth-order valence-electron chi connectivity index (χ4n) is 3.54. The van der Waals surface area contributed by atoms with E-state index in [0.29, 0.717) is 6.54 Å². The molecule has 0 unspecified atom stereocenters. The Labute approximate surface area is 157 Å². The van der Waals surface area contributed by atoms with Crippen molar-refractivity contribution >= 4 is 27.5 Å². The first-order valence-corrected chi connectivity index (χ1v) is 9.91. The van der Waals surface area contributed by atoms with Crippen LogP contribution in [0.4, 0.5) is 0 Å². The maximum Gasteiger partial charge on any atom is 0.237 e. The summed E-state index contributed by atoms with van der Waals surface area (Å²) in [7, 11) is 2.03. The molecule has 4 rings (SSSR count). The Morgan fingerprint density at radius 1 is 1.19 bits per heavy atom. The molecule has 3 aromatic rings. The van der Waals surface area contributed by atoms with E-state index in [1.807, 2.05) is 25.2 Å². The molecule has 0 fully saturated rings. The molecule has 1 aliphatic heterocycles. The van der Waals surface area contributed by atoms with Gasteiger partial charge in [-0.25, -0.2) is 4.98 Å². The maximum atomic E-state index is 12.6. The van der Waals surface area contributed by atoms with Gasteiger partial charge < -0.3 is 5.32 Å². The van der Waals surface area contributed by atoms with Gasteiger partial charge in [-0.1, -0.05) is 36.4 Å². The van der Waals surface area contributed by atoms with Crippen molar-refractivity contribution in [3.63, 3.8) is 0 Å². The van der Waals surface area contributed by atoms with Crippen LogP contribution in [0.25, 0.3) is 10.2 Å². The lowest BCUT2D eigenvalue weighted by atomic mass is 9.94. The lowest BCUT2D eigenvalue weighted by Gasteiger charge is -2.33. The van der Waals surface area contributed by atoms with Crippen molar-refractivity contribution in [2.75, 3.05) is 13.6 Å². The molecule has 1 amide bonds. The summed E-state index contributed by atoms with van der Waals surface area (Å²) < 4.78 is 1.23. The maximum absolute atomic E-state index is 12.6. The van der Waals surface area contributed by atoms with Crippen LogP contribution in [0.3, 0.4) is 0 Å². The van der Waals surface area contributed by atoms with Gasteiger partial charge in [0.1, 0.15) is 0 Å². The number of nitrogens with one attached hydrogen (secondary N) is 1. The van der Waals surface area contributed by atoms with Gasteiger partial charge in [-0.2, -0.15) is 0 Å². The number of hydrogen-bond acceptors (Lipinski definition) is 4. The Hall–Kier alpha value is -2.24. The minimum absolute atomic E-state index is 0.0765. The van der Waals surface area contributed by atoms with Crippen LogP contribution < -0.4 is 5.32 Å². The number of hydrogen-bond donors (Lipinski definition) is 1. The normalized spacial score (nSPS) is 17.2. The molecule has 4 nitrogen and oxygen atoms in total. The van der Waals surface area contributed by atoms with Gasteiger partial charge in [0, 0.05) is 19.5 Å². The molecule has 134 valence electrons. The quantitative estimate of drug-likeness (QED) is 0.705. The molecule has 0 saturated carbocycles. The lowest BCUT2D eigenvalue weighted by Crippen LogP contribution is -2.48. The Morgan fingerprint density at radius 2 is 1.96 bits per heavy atom. The molecule has 26 heavy (non-hydrogen) atoms. The number of rotatable bonds is 5. The van der Waals surface area contributed by atoms with E-state index in [9.17, 15) is 4.79 Å². The van der Waals surface area contributed by atoms with Crippen molar-refractivity contribution in [3.8, 4) is 0 Å². The molecule has 2 heterocycles. The molecular formula is C21H23N3OS. The molecule has 2 aromatic carbocycles. The van der Waals surface area contributed by atoms with Gasteiger partial charge in [-0.15, -0.1) is 11.3 Å². The molecule has 0 aliphatic carbocycles. The summed E-state index contributed by atoms with van der Waals surface area (Å²) in [6.07, 6.45) is 2.61. The van der Waals surface area contributed by atoms with Crippen molar-refractivity contribution in [2.45, 2.75) is 31.8 Å². The standard InChI is InChI=1S/C21H23N3OS/c1-24-14-16-8-3-2-7-15(16)13-18(24)21(25)22-12-6-11-20-23-17-9-4-5-10-19(17)26-20/h2-5,7-10,18H,6,11-14H2,1H3,(H,22,25)/t18-/m0/s1. The highest BCUT2D eigenvalue weighted by Crippen LogP contribution is 2.23. The SMILES string of the molecule is CN1Cc2ccccc2C[C@H]1C(=O)NCCCc1nc2ccccc2s1. The number of nitrogens with zero attached hydrogens (tertiary/aromatic N) is 2. The Balaban J connectivity index is 1.29. The van der Waals surface area contributed by atoms with Gasteiger partial charge in [0.15, 0.2) is 0 Å². The highest BCUT2D eigenvalue weighted by Gasteiger charge is 2.28. The van der Waals surface area contributed by atoms with E-state index in [1.54, 1.807) is 11.3 Å². The summed E-state index contributed by atoms with van der Waals surface area (Å²) >= 11 is 1.74. The fraction of sp³-hybridized carbons (Fsp3) is 0.333. The molecule has 1 atom stereocenters. The number of aromatic nitrogens is 1. The van der Waals surface area contributed by atoms with Crippen molar-refractivity contribution in [1.82, 2.24) is 15.2 Å². The van der Waals surface area contributed by atoms with Crippen LogP contribution >= 0.6 is 11.3 Å². The minimum atomic E-state index is -0.0765. The summed E-state index contributed by atoms with van der Waals surface area (Å²) in [5, 5.41) is 4.26. The number of thiazole rings is 1. The van der Waals surface area contributed by atoms with E-state index in [0.717, 1.165) is 36.3 Å². The van der Waals surface area contributed by atoms with E-state index in [2.05, 4.69) is 45.5 Å². The van der Waals surface area contributed by atoms with Crippen LogP contribution in [0.2, 0.25) is 0 Å². The van der Waals surface area contributed by atoms with Crippen molar-refractivity contribution < 1.29 is 4.79 Å². The Morgan fingerprint density at radius 3 is 2.81 bits per heavy atom.